The Bertz CT molecular complexity index is 365. The van der Waals surface area contributed by atoms with Gasteiger partial charge in [0.2, 0.25) is 0 Å². The second kappa shape index (κ2) is 6.91. The van der Waals surface area contributed by atoms with Crippen molar-refractivity contribution >= 4 is 5.91 Å². The highest BCUT2D eigenvalue weighted by Gasteiger charge is 2.17. The number of amides is 1. The molecule has 0 spiro atoms. The van der Waals surface area contributed by atoms with E-state index in [1.807, 2.05) is 26.0 Å². The van der Waals surface area contributed by atoms with Gasteiger partial charge in [-0.2, -0.15) is 0 Å². The van der Waals surface area contributed by atoms with Crippen LogP contribution < -0.4 is 4.74 Å². The van der Waals surface area contributed by atoms with E-state index in [1.54, 1.807) is 17.0 Å². The molecule has 0 radical (unpaired) electrons. The fourth-order valence-corrected chi connectivity index (χ4v) is 1.62. The van der Waals surface area contributed by atoms with Crippen molar-refractivity contribution in [2.45, 2.75) is 13.8 Å². The Kier molecular flexibility index (Phi) is 5.49. The zero-order valence-electron chi connectivity index (χ0n) is 10.3. The van der Waals surface area contributed by atoms with E-state index in [0.29, 0.717) is 31.0 Å². The lowest BCUT2D eigenvalue weighted by Crippen LogP contribution is -2.33. The zero-order chi connectivity index (χ0) is 12.7. The van der Waals surface area contributed by atoms with Gasteiger partial charge in [-0.15, -0.1) is 0 Å². The van der Waals surface area contributed by atoms with Crippen LogP contribution in [0.1, 0.15) is 24.2 Å². The Balaban J connectivity index is 2.93. The number of carbonyl (C=O) groups is 1. The first-order chi connectivity index (χ1) is 8.24. The third kappa shape index (κ3) is 3.46. The summed E-state index contributed by atoms with van der Waals surface area (Å²) in [7, 11) is 0. The lowest BCUT2D eigenvalue weighted by Gasteiger charge is -2.21. The number of aliphatic hydroxyl groups excluding tert-OH is 1. The SMILES string of the molecule is CCOc1ccccc1C(=O)N(CC)CCO. The molecule has 4 nitrogen and oxygen atoms in total. The molecule has 0 aromatic heterocycles. The van der Waals surface area contributed by atoms with Crippen molar-refractivity contribution in [3.05, 3.63) is 29.8 Å². The van der Waals surface area contributed by atoms with E-state index in [4.69, 9.17) is 9.84 Å². The number of para-hydroxylation sites is 1. The van der Waals surface area contributed by atoms with E-state index in [1.165, 1.54) is 0 Å². The smallest absolute Gasteiger partial charge is 0.257 e. The van der Waals surface area contributed by atoms with Gasteiger partial charge in [-0.1, -0.05) is 12.1 Å². The first-order valence-electron chi connectivity index (χ1n) is 5.86. The van der Waals surface area contributed by atoms with Gasteiger partial charge in [-0.25, -0.2) is 0 Å². The quantitative estimate of drug-likeness (QED) is 0.816. The summed E-state index contributed by atoms with van der Waals surface area (Å²) in [6.45, 7) is 5.17. The average Bonchev–Trinajstić information content (AvgIpc) is 2.36. The van der Waals surface area contributed by atoms with E-state index >= 15 is 0 Å². The van der Waals surface area contributed by atoms with Crippen LogP contribution in [0.3, 0.4) is 0 Å². The maximum atomic E-state index is 12.2. The molecule has 94 valence electrons. The molecule has 0 aliphatic carbocycles. The highest BCUT2D eigenvalue weighted by Crippen LogP contribution is 2.19. The predicted octanol–water partition coefficient (Wildman–Crippen LogP) is 1.54. The van der Waals surface area contributed by atoms with Gasteiger partial charge < -0.3 is 14.7 Å². The molecule has 0 aliphatic heterocycles. The van der Waals surface area contributed by atoms with Gasteiger partial charge in [-0.05, 0) is 26.0 Å². The fraction of sp³-hybridized carbons (Fsp3) is 0.462. The van der Waals surface area contributed by atoms with Gasteiger partial charge in [0, 0.05) is 13.1 Å². The van der Waals surface area contributed by atoms with Crippen LogP contribution in [-0.4, -0.2) is 42.2 Å². The molecule has 0 saturated heterocycles. The van der Waals surface area contributed by atoms with Crippen molar-refractivity contribution in [3.8, 4) is 5.75 Å². The minimum absolute atomic E-state index is 0.0314. The first-order valence-corrected chi connectivity index (χ1v) is 5.86. The van der Waals surface area contributed by atoms with Gasteiger partial charge in [0.25, 0.3) is 5.91 Å². The standard InChI is InChI=1S/C13H19NO3/c1-3-14(9-10-15)13(16)11-7-5-6-8-12(11)17-4-2/h5-8,15H,3-4,9-10H2,1-2H3. The number of likely N-dealkylation sites (N-methyl/N-ethyl adjacent to an activating group) is 1. The summed E-state index contributed by atoms with van der Waals surface area (Å²) in [4.78, 5) is 13.8. The number of benzene rings is 1. The maximum absolute atomic E-state index is 12.2. The Morgan fingerprint density at radius 3 is 2.65 bits per heavy atom. The molecule has 1 aromatic rings. The number of hydrogen-bond donors (Lipinski definition) is 1. The molecule has 1 amide bonds. The second-order valence-electron chi connectivity index (χ2n) is 3.54. The molecule has 4 heteroatoms. The molecule has 0 bridgehead atoms. The Morgan fingerprint density at radius 2 is 2.06 bits per heavy atom. The minimum Gasteiger partial charge on any atom is -0.493 e. The molecule has 0 saturated carbocycles. The van der Waals surface area contributed by atoms with Crippen molar-refractivity contribution < 1.29 is 14.6 Å². The molecular formula is C13H19NO3. The van der Waals surface area contributed by atoms with Crippen LogP contribution in [0.4, 0.5) is 0 Å². The largest absolute Gasteiger partial charge is 0.493 e. The predicted molar refractivity (Wildman–Crippen MR) is 66.3 cm³/mol. The third-order valence-corrected chi connectivity index (χ3v) is 2.46. The fourth-order valence-electron chi connectivity index (χ4n) is 1.62. The molecule has 0 heterocycles. The molecule has 0 fully saturated rings. The van der Waals surface area contributed by atoms with Crippen molar-refractivity contribution in [3.63, 3.8) is 0 Å². The molecule has 1 N–H and O–H groups in total. The number of carbonyl (C=O) groups excluding carboxylic acids is 1. The lowest BCUT2D eigenvalue weighted by molar-refractivity contribution is 0.0728. The summed E-state index contributed by atoms with van der Waals surface area (Å²) in [5, 5.41) is 8.91. The van der Waals surface area contributed by atoms with Crippen LogP contribution in [0.25, 0.3) is 0 Å². The van der Waals surface area contributed by atoms with Crippen LogP contribution in [-0.2, 0) is 0 Å². The van der Waals surface area contributed by atoms with E-state index in [9.17, 15) is 4.79 Å². The highest BCUT2D eigenvalue weighted by atomic mass is 16.5. The Hall–Kier alpha value is -1.55. The Labute approximate surface area is 102 Å². The summed E-state index contributed by atoms with van der Waals surface area (Å²) in [5.41, 5.74) is 0.546. The molecule has 0 aliphatic rings. The molecule has 17 heavy (non-hydrogen) atoms. The Morgan fingerprint density at radius 1 is 1.35 bits per heavy atom. The van der Waals surface area contributed by atoms with Crippen LogP contribution in [0, 0.1) is 0 Å². The molecular weight excluding hydrogens is 218 g/mol. The number of ether oxygens (including phenoxy) is 1. The summed E-state index contributed by atoms with van der Waals surface area (Å²) < 4.78 is 5.42. The van der Waals surface area contributed by atoms with Gasteiger partial charge >= 0.3 is 0 Å². The van der Waals surface area contributed by atoms with Crippen LogP contribution >= 0.6 is 0 Å². The van der Waals surface area contributed by atoms with Gasteiger partial charge in [0.1, 0.15) is 5.75 Å². The maximum Gasteiger partial charge on any atom is 0.257 e. The van der Waals surface area contributed by atoms with Crippen molar-refractivity contribution in [1.82, 2.24) is 4.90 Å². The number of hydrogen-bond acceptors (Lipinski definition) is 3. The average molecular weight is 237 g/mol. The zero-order valence-corrected chi connectivity index (χ0v) is 10.3. The summed E-state index contributed by atoms with van der Waals surface area (Å²) in [6, 6.07) is 7.17. The molecule has 0 atom stereocenters. The van der Waals surface area contributed by atoms with E-state index in [2.05, 4.69) is 0 Å². The van der Waals surface area contributed by atoms with E-state index in [0.717, 1.165) is 0 Å². The molecule has 1 rings (SSSR count). The van der Waals surface area contributed by atoms with Crippen molar-refractivity contribution in [2.75, 3.05) is 26.3 Å². The number of aliphatic hydroxyl groups is 1. The van der Waals surface area contributed by atoms with Crippen molar-refractivity contribution in [1.29, 1.82) is 0 Å². The van der Waals surface area contributed by atoms with Crippen LogP contribution in [0.15, 0.2) is 24.3 Å². The van der Waals surface area contributed by atoms with Gasteiger partial charge in [0.15, 0.2) is 0 Å². The van der Waals surface area contributed by atoms with E-state index < -0.39 is 0 Å². The number of rotatable bonds is 6. The summed E-state index contributed by atoms with van der Waals surface area (Å²) in [6.07, 6.45) is 0. The van der Waals surface area contributed by atoms with E-state index in [-0.39, 0.29) is 12.5 Å². The van der Waals surface area contributed by atoms with Gasteiger partial charge in [-0.3, -0.25) is 4.79 Å². The summed E-state index contributed by atoms with van der Waals surface area (Å²) >= 11 is 0. The number of nitrogens with zero attached hydrogens (tertiary/aromatic N) is 1. The highest BCUT2D eigenvalue weighted by molar-refractivity contribution is 5.96. The third-order valence-electron chi connectivity index (χ3n) is 2.46. The minimum atomic E-state index is -0.106. The molecule has 1 aromatic carbocycles. The molecule has 0 unspecified atom stereocenters. The van der Waals surface area contributed by atoms with Crippen LogP contribution in [0.2, 0.25) is 0 Å². The normalized spacial score (nSPS) is 10.1. The summed E-state index contributed by atoms with van der Waals surface area (Å²) in [5.74, 6) is 0.488. The van der Waals surface area contributed by atoms with Crippen molar-refractivity contribution in [2.24, 2.45) is 0 Å². The second-order valence-corrected chi connectivity index (χ2v) is 3.54. The lowest BCUT2D eigenvalue weighted by atomic mass is 10.1. The van der Waals surface area contributed by atoms with Crippen LogP contribution in [0.5, 0.6) is 5.75 Å². The van der Waals surface area contributed by atoms with Gasteiger partial charge in [0.05, 0.1) is 18.8 Å². The topological polar surface area (TPSA) is 49.8 Å². The monoisotopic (exact) mass is 237 g/mol. The first kappa shape index (κ1) is 13.5.